The maximum absolute atomic E-state index is 12.4. The molecule has 0 aliphatic rings. The van der Waals surface area contributed by atoms with Crippen molar-refractivity contribution < 1.29 is 13.5 Å². The highest BCUT2D eigenvalue weighted by Gasteiger charge is 2.13. The molecule has 0 N–H and O–H groups in total. The largest absolute Gasteiger partial charge is 0.435 e. The summed E-state index contributed by atoms with van der Waals surface area (Å²) in [6.07, 6.45) is 3.11. The minimum absolute atomic E-state index is 0.0437. The Balaban J connectivity index is 1.73. The van der Waals surface area contributed by atoms with Gasteiger partial charge < -0.3 is 4.74 Å². The summed E-state index contributed by atoms with van der Waals surface area (Å²) in [4.78, 5) is 12.4. The van der Waals surface area contributed by atoms with E-state index in [1.54, 1.807) is 29.1 Å². The van der Waals surface area contributed by atoms with E-state index in [9.17, 15) is 13.6 Å². The van der Waals surface area contributed by atoms with E-state index in [0.29, 0.717) is 11.4 Å². The number of ether oxygens (including phenoxy) is 1. The van der Waals surface area contributed by atoms with E-state index in [-0.39, 0.29) is 16.9 Å². The highest BCUT2D eigenvalue weighted by atomic mass is 19.3. The third kappa shape index (κ3) is 3.52. The third-order valence-electron chi connectivity index (χ3n) is 4.02. The topological polar surface area (TPSA) is 61.9 Å². The molecule has 4 rings (SSSR count). The molecule has 0 aliphatic carbocycles. The molecule has 0 atom stereocenters. The number of benzene rings is 2. The summed E-state index contributed by atoms with van der Waals surface area (Å²) in [5, 5.41) is 8.70. The molecule has 0 bridgehead atoms. The first-order valence-corrected chi connectivity index (χ1v) is 8.37. The summed E-state index contributed by atoms with van der Waals surface area (Å²) in [5.74, 6) is 0.0437. The molecule has 0 radical (unpaired) electrons. The first-order chi connectivity index (χ1) is 13.6. The Morgan fingerprint density at radius 3 is 2.36 bits per heavy atom. The van der Waals surface area contributed by atoms with Gasteiger partial charge in [-0.1, -0.05) is 18.2 Å². The van der Waals surface area contributed by atoms with Crippen LogP contribution in [0.15, 0.2) is 83.9 Å². The van der Waals surface area contributed by atoms with Crippen LogP contribution in [0, 0.1) is 0 Å². The molecule has 140 valence electrons. The molecule has 0 saturated carbocycles. The molecule has 0 spiro atoms. The van der Waals surface area contributed by atoms with Crippen molar-refractivity contribution in [2.45, 2.75) is 6.61 Å². The van der Waals surface area contributed by atoms with Crippen LogP contribution in [0.25, 0.3) is 22.8 Å². The number of rotatable bonds is 5. The zero-order valence-corrected chi connectivity index (χ0v) is 14.4. The molecule has 6 nitrogen and oxygen atoms in total. The fourth-order valence-corrected chi connectivity index (χ4v) is 2.77. The van der Waals surface area contributed by atoms with Crippen molar-refractivity contribution in [1.29, 1.82) is 0 Å². The van der Waals surface area contributed by atoms with E-state index in [2.05, 4.69) is 14.9 Å². The lowest BCUT2D eigenvalue weighted by Gasteiger charge is -2.10. The van der Waals surface area contributed by atoms with Crippen LogP contribution in [0.5, 0.6) is 5.75 Å². The van der Waals surface area contributed by atoms with Gasteiger partial charge in [-0.2, -0.15) is 19.0 Å². The zero-order chi connectivity index (χ0) is 19.5. The van der Waals surface area contributed by atoms with Crippen molar-refractivity contribution in [2.24, 2.45) is 0 Å². The van der Waals surface area contributed by atoms with Crippen LogP contribution < -0.4 is 10.2 Å². The van der Waals surface area contributed by atoms with E-state index < -0.39 is 6.61 Å². The molecule has 2 heterocycles. The summed E-state index contributed by atoms with van der Waals surface area (Å²) in [6.45, 7) is -2.89. The van der Waals surface area contributed by atoms with Gasteiger partial charge in [0.15, 0.2) is 5.69 Å². The van der Waals surface area contributed by atoms with Crippen LogP contribution in [0.2, 0.25) is 0 Å². The molecular formula is C20H14F2N4O2. The number of hydrogen-bond acceptors (Lipinski definition) is 4. The predicted molar refractivity (Wildman–Crippen MR) is 99.0 cm³/mol. The zero-order valence-electron chi connectivity index (χ0n) is 14.4. The number of nitrogens with zero attached hydrogens (tertiary/aromatic N) is 4. The van der Waals surface area contributed by atoms with Gasteiger partial charge in [0, 0.05) is 12.3 Å². The Morgan fingerprint density at radius 2 is 1.64 bits per heavy atom. The van der Waals surface area contributed by atoms with Crippen LogP contribution in [0.1, 0.15) is 0 Å². The van der Waals surface area contributed by atoms with E-state index in [4.69, 9.17) is 0 Å². The van der Waals surface area contributed by atoms with Gasteiger partial charge in [-0.25, -0.2) is 9.36 Å². The number of alkyl halides is 2. The highest BCUT2D eigenvalue weighted by Crippen LogP contribution is 2.20. The summed E-state index contributed by atoms with van der Waals surface area (Å²) in [7, 11) is 0. The van der Waals surface area contributed by atoms with Gasteiger partial charge in [-0.05, 0) is 42.5 Å². The van der Waals surface area contributed by atoms with Crippen molar-refractivity contribution in [1.82, 2.24) is 19.6 Å². The van der Waals surface area contributed by atoms with Crippen molar-refractivity contribution in [3.05, 3.63) is 89.3 Å². The average molecular weight is 380 g/mol. The molecular weight excluding hydrogens is 366 g/mol. The Labute approximate surface area is 158 Å². The molecule has 28 heavy (non-hydrogen) atoms. The standard InChI is InChI=1S/C20H14F2N4O2/c21-20(22)28-16-8-6-14(7-9-16)25-13-11-18(27)19(24-25)17-10-12-23-26(17)15-4-2-1-3-5-15/h1-13,20H. The number of aromatic nitrogens is 4. The molecule has 0 aliphatic heterocycles. The lowest BCUT2D eigenvalue weighted by Crippen LogP contribution is -2.14. The Kier molecular flexibility index (Phi) is 4.67. The van der Waals surface area contributed by atoms with Crippen LogP contribution >= 0.6 is 0 Å². The van der Waals surface area contributed by atoms with Crippen LogP contribution in [0.4, 0.5) is 8.78 Å². The number of halogens is 2. The van der Waals surface area contributed by atoms with E-state index in [0.717, 1.165) is 5.69 Å². The SMILES string of the molecule is O=c1ccn(-c2ccc(OC(F)F)cc2)nc1-c1ccnn1-c1ccccc1. The Morgan fingerprint density at radius 1 is 0.893 bits per heavy atom. The smallest absolute Gasteiger partial charge is 0.387 e. The Hall–Kier alpha value is -3.81. The normalized spacial score (nSPS) is 11.0. The first-order valence-electron chi connectivity index (χ1n) is 8.37. The molecule has 8 heteroatoms. The number of para-hydroxylation sites is 1. The van der Waals surface area contributed by atoms with Gasteiger partial charge in [-0.15, -0.1) is 0 Å². The van der Waals surface area contributed by atoms with Gasteiger partial charge in [0.25, 0.3) is 0 Å². The summed E-state index contributed by atoms with van der Waals surface area (Å²) >= 11 is 0. The maximum Gasteiger partial charge on any atom is 0.387 e. The van der Waals surface area contributed by atoms with Crippen molar-refractivity contribution in [2.75, 3.05) is 0 Å². The van der Waals surface area contributed by atoms with Crippen molar-refractivity contribution in [3.63, 3.8) is 0 Å². The maximum atomic E-state index is 12.4. The quantitative estimate of drug-likeness (QED) is 0.530. The van der Waals surface area contributed by atoms with Crippen molar-refractivity contribution >= 4 is 0 Å². The lowest BCUT2D eigenvalue weighted by atomic mass is 10.2. The average Bonchev–Trinajstić information content (AvgIpc) is 3.19. The van der Waals surface area contributed by atoms with Crippen LogP contribution in [-0.4, -0.2) is 26.2 Å². The molecule has 0 unspecified atom stereocenters. The fourth-order valence-electron chi connectivity index (χ4n) is 2.77. The van der Waals surface area contributed by atoms with Gasteiger partial charge in [0.1, 0.15) is 5.75 Å². The molecule has 0 saturated heterocycles. The van der Waals surface area contributed by atoms with E-state index >= 15 is 0 Å². The predicted octanol–water partition coefficient (Wildman–Crippen LogP) is 3.69. The summed E-state index contributed by atoms with van der Waals surface area (Å²) in [5.41, 5.74) is 1.90. The number of hydrogen-bond donors (Lipinski definition) is 0. The van der Waals surface area contributed by atoms with Gasteiger partial charge in [-0.3, -0.25) is 4.79 Å². The first kappa shape index (κ1) is 17.6. The fraction of sp³-hybridized carbons (Fsp3) is 0.0500. The van der Waals surface area contributed by atoms with E-state index in [1.807, 2.05) is 30.3 Å². The van der Waals surface area contributed by atoms with E-state index in [1.165, 1.54) is 29.1 Å². The van der Waals surface area contributed by atoms with Crippen LogP contribution in [-0.2, 0) is 0 Å². The summed E-state index contributed by atoms with van der Waals surface area (Å²) < 4.78 is 32.1. The van der Waals surface area contributed by atoms with Crippen molar-refractivity contribution in [3.8, 4) is 28.5 Å². The van der Waals surface area contributed by atoms with Gasteiger partial charge in [0.2, 0.25) is 5.43 Å². The molecule has 2 aromatic heterocycles. The minimum Gasteiger partial charge on any atom is -0.435 e. The molecule has 0 fully saturated rings. The highest BCUT2D eigenvalue weighted by molar-refractivity contribution is 5.57. The Bertz CT molecular complexity index is 1140. The monoisotopic (exact) mass is 380 g/mol. The van der Waals surface area contributed by atoms with Gasteiger partial charge in [0.05, 0.1) is 23.3 Å². The minimum atomic E-state index is -2.89. The lowest BCUT2D eigenvalue weighted by molar-refractivity contribution is -0.0498. The second kappa shape index (κ2) is 7.43. The van der Waals surface area contributed by atoms with Crippen LogP contribution in [0.3, 0.4) is 0 Å². The molecule has 2 aromatic carbocycles. The second-order valence-electron chi connectivity index (χ2n) is 5.81. The summed E-state index contributed by atoms with van der Waals surface area (Å²) in [6, 6.07) is 18.5. The molecule has 4 aromatic rings. The van der Waals surface area contributed by atoms with Gasteiger partial charge >= 0.3 is 6.61 Å². The third-order valence-corrected chi connectivity index (χ3v) is 4.02. The second-order valence-corrected chi connectivity index (χ2v) is 5.81. The molecule has 0 amide bonds.